The zero-order valence-corrected chi connectivity index (χ0v) is 19.0. The number of methoxy groups -OCH3 is 1. The predicted octanol–water partition coefficient (Wildman–Crippen LogP) is 4.08. The Morgan fingerprint density at radius 1 is 1.12 bits per heavy atom. The van der Waals surface area contributed by atoms with E-state index < -0.39 is 4.92 Å². The van der Waals surface area contributed by atoms with Crippen LogP contribution in [0.5, 0.6) is 5.75 Å². The molecule has 10 heteroatoms. The molecule has 2 aromatic carbocycles. The molecule has 0 aliphatic carbocycles. The summed E-state index contributed by atoms with van der Waals surface area (Å²) < 4.78 is 5.25. The van der Waals surface area contributed by atoms with E-state index in [2.05, 4.69) is 0 Å². The molecule has 0 aromatic heterocycles. The number of ether oxygens (including phenoxy) is 1. The molecule has 1 spiro atoms. The lowest BCUT2D eigenvalue weighted by molar-refractivity contribution is -0.384. The van der Waals surface area contributed by atoms with Gasteiger partial charge in [-0.15, -0.1) is 11.8 Å². The highest BCUT2D eigenvalue weighted by Gasteiger charge is 2.47. The third-order valence-electron chi connectivity index (χ3n) is 5.97. The van der Waals surface area contributed by atoms with Crippen LogP contribution in [0.2, 0.25) is 5.02 Å². The molecule has 2 saturated heterocycles. The zero-order chi connectivity index (χ0) is 22.9. The predicted molar refractivity (Wildman–Crippen MR) is 122 cm³/mol. The van der Waals surface area contributed by atoms with Gasteiger partial charge in [0.15, 0.2) is 0 Å². The van der Waals surface area contributed by atoms with Crippen molar-refractivity contribution in [2.24, 2.45) is 0 Å². The molecule has 2 heterocycles. The van der Waals surface area contributed by atoms with E-state index >= 15 is 0 Å². The molecule has 4 rings (SSSR count). The second-order valence-corrected chi connectivity index (χ2v) is 9.56. The fraction of sp³-hybridized carbons (Fsp3) is 0.364. The Bertz CT molecular complexity index is 1070. The first-order valence-electron chi connectivity index (χ1n) is 10.2. The summed E-state index contributed by atoms with van der Waals surface area (Å²) in [6.07, 6.45) is 1.29. The van der Waals surface area contributed by atoms with Crippen LogP contribution in [-0.2, 0) is 0 Å². The lowest BCUT2D eigenvalue weighted by Gasteiger charge is -2.44. The number of hydrogen-bond donors (Lipinski definition) is 0. The van der Waals surface area contributed by atoms with Crippen LogP contribution in [0.3, 0.4) is 0 Å². The molecule has 8 nitrogen and oxygen atoms in total. The Morgan fingerprint density at radius 2 is 1.88 bits per heavy atom. The van der Waals surface area contributed by atoms with Gasteiger partial charge in [0, 0.05) is 43.1 Å². The SMILES string of the molecule is COc1cccc(C(=O)N2CCSC23CCN(C(=O)c2ccc([N+](=O)[O-])cc2Cl)CC3)c1. The Labute approximate surface area is 194 Å². The second-order valence-electron chi connectivity index (χ2n) is 7.70. The van der Waals surface area contributed by atoms with Crippen molar-refractivity contribution in [2.75, 3.05) is 32.5 Å². The molecule has 0 radical (unpaired) electrons. The topological polar surface area (TPSA) is 93.0 Å². The number of hydrogen-bond acceptors (Lipinski definition) is 6. The van der Waals surface area contributed by atoms with Gasteiger partial charge in [-0.25, -0.2) is 0 Å². The maximum Gasteiger partial charge on any atom is 0.270 e. The van der Waals surface area contributed by atoms with Gasteiger partial charge in [0.05, 0.1) is 27.5 Å². The number of nitrogens with zero attached hydrogens (tertiary/aromatic N) is 3. The number of amides is 2. The quantitative estimate of drug-likeness (QED) is 0.488. The first-order valence-corrected chi connectivity index (χ1v) is 11.5. The number of non-ortho nitro benzene ring substituents is 1. The molecule has 2 fully saturated rings. The van der Waals surface area contributed by atoms with Gasteiger partial charge in [0.2, 0.25) is 0 Å². The maximum atomic E-state index is 13.3. The van der Waals surface area contributed by atoms with Gasteiger partial charge in [-0.2, -0.15) is 0 Å². The highest BCUT2D eigenvalue weighted by Crippen LogP contribution is 2.45. The number of thioether (sulfide) groups is 1. The van der Waals surface area contributed by atoms with E-state index in [4.69, 9.17) is 16.3 Å². The van der Waals surface area contributed by atoms with Crippen molar-refractivity contribution < 1.29 is 19.2 Å². The number of rotatable bonds is 4. The molecule has 0 saturated carbocycles. The number of piperidine rings is 1. The van der Waals surface area contributed by atoms with Crippen LogP contribution in [0, 0.1) is 10.1 Å². The fourth-order valence-corrected chi connectivity index (χ4v) is 5.95. The molecule has 2 amide bonds. The van der Waals surface area contributed by atoms with Crippen LogP contribution in [0.25, 0.3) is 0 Å². The van der Waals surface area contributed by atoms with Crippen LogP contribution < -0.4 is 4.74 Å². The van der Waals surface area contributed by atoms with Crippen molar-refractivity contribution in [1.82, 2.24) is 9.80 Å². The van der Waals surface area contributed by atoms with Gasteiger partial charge >= 0.3 is 0 Å². The van der Waals surface area contributed by atoms with E-state index in [-0.39, 0.29) is 33.0 Å². The van der Waals surface area contributed by atoms with Crippen molar-refractivity contribution in [1.29, 1.82) is 0 Å². The van der Waals surface area contributed by atoms with Crippen molar-refractivity contribution in [3.05, 3.63) is 68.7 Å². The summed E-state index contributed by atoms with van der Waals surface area (Å²) in [7, 11) is 1.57. The van der Waals surface area contributed by atoms with Crippen molar-refractivity contribution in [3.8, 4) is 5.75 Å². The number of likely N-dealkylation sites (tertiary alicyclic amines) is 1. The van der Waals surface area contributed by atoms with Crippen LogP contribution in [0.4, 0.5) is 5.69 Å². The normalized spacial score (nSPS) is 17.4. The summed E-state index contributed by atoms with van der Waals surface area (Å²) in [4.78, 5) is 39.9. The van der Waals surface area contributed by atoms with Gasteiger partial charge < -0.3 is 14.5 Å². The number of nitro benzene ring substituents is 1. The number of nitro groups is 1. The fourth-order valence-electron chi connectivity index (χ4n) is 4.24. The minimum atomic E-state index is -0.546. The summed E-state index contributed by atoms with van der Waals surface area (Å²) in [6, 6.07) is 11.0. The molecule has 2 aliphatic rings. The molecule has 0 unspecified atom stereocenters. The van der Waals surface area contributed by atoms with Gasteiger partial charge in [0.1, 0.15) is 5.75 Å². The lowest BCUT2D eigenvalue weighted by Crippen LogP contribution is -2.53. The maximum absolute atomic E-state index is 13.3. The zero-order valence-electron chi connectivity index (χ0n) is 17.5. The first kappa shape index (κ1) is 22.4. The molecule has 0 atom stereocenters. The van der Waals surface area contributed by atoms with E-state index in [0.29, 0.717) is 43.8 Å². The van der Waals surface area contributed by atoms with Crippen LogP contribution in [0.15, 0.2) is 42.5 Å². The molecular weight excluding hydrogens is 454 g/mol. The smallest absolute Gasteiger partial charge is 0.270 e. The monoisotopic (exact) mass is 475 g/mol. The highest BCUT2D eigenvalue weighted by molar-refractivity contribution is 8.00. The van der Waals surface area contributed by atoms with Gasteiger partial charge in [-0.05, 0) is 37.1 Å². The minimum Gasteiger partial charge on any atom is -0.497 e. The molecule has 0 N–H and O–H groups in total. The van der Waals surface area contributed by atoms with Crippen molar-refractivity contribution in [3.63, 3.8) is 0 Å². The second kappa shape index (κ2) is 8.99. The van der Waals surface area contributed by atoms with Crippen LogP contribution in [0.1, 0.15) is 33.6 Å². The summed E-state index contributed by atoms with van der Waals surface area (Å²) in [5.41, 5.74) is 0.678. The Kier molecular flexibility index (Phi) is 6.30. The minimum absolute atomic E-state index is 0.0351. The Hall–Kier alpha value is -2.78. The van der Waals surface area contributed by atoms with Crippen molar-refractivity contribution in [2.45, 2.75) is 17.7 Å². The average molecular weight is 476 g/mol. The van der Waals surface area contributed by atoms with E-state index in [9.17, 15) is 19.7 Å². The Balaban J connectivity index is 1.47. The highest BCUT2D eigenvalue weighted by atomic mass is 35.5. The number of carbonyl (C=O) groups excluding carboxylic acids is 2. The largest absolute Gasteiger partial charge is 0.497 e. The molecule has 32 heavy (non-hydrogen) atoms. The third kappa shape index (κ3) is 4.14. The standard InChI is InChI=1S/C22H22ClN3O5S/c1-31-17-4-2-3-15(13-17)20(27)25-11-12-32-22(25)7-9-24(10-8-22)21(28)18-6-5-16(26(29)30)14-19(18)23/h2-6,13-14H,7-12H2,1H3. The lowest BCUT2D eigenvalue weighted by atomic mass is 10.00. The van der Waals surface area contributed by atoms with E-state index in [1.54, 1.807) is 48.0 Å². The van der Waals surface area contributed by atoms with Gasteiger partial charge in [0.25, 0.3) is 17.5 Å². The summed E-state index contributed by atoms with van der Waals surface area (Å²) >= 11 is 7.91. The number of halogens is 1. The molecule has 168 valence electrons. The van der Waals surface area contributed by atoms with E-state index in [1.165, 1.54) is 18.2 Å². The number of benzene rings is 2. The number of carbonyl (C=O) groups is 2. The summed E-state index contributed by atoms with van der Waals surface area (Å²) in [6.45, 7) is 1.60. The molecular formula is C22H22ClN3O5S. The van der Waals surface area contributed by atoms with E-state index in [1.807, 2.05) is 4.90 Å². The van der Waals surface area contributed by atoms with Gasteiger partial charge in [-0.1, -0.05) is 17.7 Å². The van der Waals surface area contributed by atoms with Crippen molar-refractivity contribution >= 4 is 40.9 Å². The summed E-state index contributed by atoms with van der Waals surface area (Å²) in [5, 5.41) is 11.0. The molecule has 0 bridgehead atoms. The molecule has 2 aliphatic heterocycles. The summed E-state index contributed by atoms with van der Waals surface area (Å²) in [5.74, 6) is 1.19. The van der Waals surface area contributed by atoms with Crippen LogP contribution >= 0.6 is 23.4 Å². The Morgan fingerprint density at radius 3 is 2.53 bits per heavy atom. The van der Waals surface area contributed by atoms with E-state index in [0.717, 1.165) is 5.75 Å². The van der Waals surface area contributed by atoms with Gasteiger partial charge in [-0.3, -0.25) is 19.7 Å². The van der Waals surface area contributed by atoms with Crippen LogP contribution in [-0.4, -0.2) is 63.9 Å². The first-order chi connectivity index (χ1) is 15.3. The average Bonchev–Trinajstić information content (AvgIpc) is 3.21. The third-order valence-corrected chi connectivity index (χ3v) is 7.83. The molecule has 2 aromatic rings.